The number of carbonyl (C=O) groups excluding carboxylic acids is 2. The maximum Gasteiger partial charge on any atom is 0.351 e. The Bertz CT molecular complexity index is 199. The van der Waals surface area contributed by atoms with Crippen LogP contribution in [0.4, 0.5) is 0 Å². The molecule has 4 N–H and O–H groups in total. The molecule has 0 heterocycles. The van der Waals surface area contributed by atoms with Gasteiger partial charge in [-0.3, -0.25) is 4.79 Å². The number of rotatable bonds is 2. The molecule has 0 saturated heterocycles. The quantitative estimate of drug-likeness (QED) is 0.439. The molecule has 68 valence electrons. The summed E-state index contributed by atoms with van der Waals surface area (Å²) in [5, 5.41) is 0. The summed E-state index contributed by atoms with van der Waals surface area (Å²) in [5.41, 5.74) is 4.84. The highest BCUT2D eigenvalue weighted by Gasteiger charge is 1.96. The Morgan fingerprint density at radius 3 is 1.83 bits per heavy atom. The van der Waals surface area contributed by atoms with Crippen molar-refractivity contribution >= 4 is 11.9 Å². The van der Waals surface area contributed by atoms with E-state index in [9.17, 15) is 9.59 Å². The molecule has 0 fully saturated rings. The molecule has 0 unspecified atom stereocenters. The van der Waals surface area contributed by atoms with Gasteiger partial charge in [0.25, 0.3) is 0 Å². The molecule has 0 aliphatic carbocycles. The molecule has 0 aromatic carbocycles. The normalized spacial score (nSPS) is 7.17. The average Bonchev–Trinajstić information content (AvgIpc) is 2.04. The van der Waals surface area contributed by atoms with Gasteiger partial charge in [-0.15, -0.1) is 0 Å². The van der Waals surface area contributed by atoms with Gasteiger partial charge in [0, 0.05) is 5.57 Å². The number of hydrogen-bond acceptors (Lipinski definition) is 4. The molecule has 0 rings (SSSR count). The van der Waals surface area contributed by atoms with Crippen molar-refractivity contribution in [3.8, 4) is 0 Å². The zero-order valence-corrected chi connectivity index (χ0v) is 6.87. The van der Waals surface area contributed by atoms with Gasteiger partial charge in [-0.05, 0) is 13.0 Å². The van der Waals surface area contributed by atoms with E-state index in [2.05, 4.69) is 29.6 Å². The predicted molar refractivity (Wildman–Crippen MR) is 44.5 cm³/mol. The van der Waals surface area contributed by atoms with E-state index in [1.54, 1.807) is 0 Å². The smallest absolute Gasteiger partial charge is 0.351 e. The summed E-state index contributed by atoms with van der Waals surface area (Å²) >= 11 is 0. The van der Waals surface area contributed by atoms with Crippen LogP contribution in [-0.2, 0) is 14.4 Å². The zero-order chi connectivity index (χ0) is 10.1. The highest BCUT2D eigenvalue weighted by Crippen LogP contribution is 1.85. The van der Waals surface area contributed by atoms with E-state index in [1.165, 1.54) is 6.92 Å². The maximum atomic E-state index is 10.1. The third-order valence-corrected chi connectivity index (χ3v) is 0.657. The van der Waals surface area contributed by atoms with Crippen LogP contribution in [0.1, 0.15) is 6.92 Å². The molecule has 5 heteroatoms. The second-order valence-electron chi connectivity index (χ2n) is 1.79. The fourth-order valence-electron chi connectivity index (χ4n) is 0.101. The largest absolute Gasteiger partial charge is 0.370 e. The number of carbonyl (C=O) groups is 2. The van der Waals surface area contributed by atoms with Crippen molar-refractivity contribution in [2.45, 2.75) is 6.92 Å². The molecule has 0 radical (unpaired) electrons. The minimum Gasteiger partial charge on any atom is -0.370 e. The Balaban J connectivity index is 0. The van der Waals surface area contributed by atoms with E-state index in [0.29, 0.717) is 5.57 Å². The summed E-state index contributed by atoms with van der Waals surface area (Å²) in [6.07, 6.45) is 1.06. The molecule has 0 atom stereocenters. The van der Waals surface area contributed by atoms with E-state index in [1.807, 2.05) is 0 Å². The summed E-state index contributed by atoms with van der Waals surface area (Å²) in [7, 11) is 0. The summed E-state index contributed by atoms with van der Waals surface area (Å²) in [4.78, 5) is 23.3. The summed E-state index contributed by atoms with van der Waals surface area (Å²) in [5.74, 6) is 3.41. The van der Waals surface area contributed by atoms with E-state index in [0.717, 1.165) is 6.08 Å². The van der Waals surface area contributed by atoms with Crippen LogP contribution in [0, 0.1) is 0 Å². The first-order valence-electron chi connectivity index (χ1n) is 2.94. The molecule has 5 nitrogen and oxygen atoms in total. The standard InChI is InChI=1S/C4H7NO2.C3H5NO/c1-3(2)4(6)7-5;1-2-3(4)5/h1,5H2,2H3;2H,1H2,(H2,4,5). The lowest BCUT2D eigenvalue weighted by Crippen LogP contribution is -2.09. The van der Waals surface area contributed by atoms with Crippen molar-refractivity contribution in [1.29, 1.82) is 0 Å². The van der Waals surface area contributed by atoms with Gasteiger partial charge < -0.3 is 10.6 Å². The van der Waals surface area contributed by atoms with Crippen molar-refractivity contribution in [3.63, 3.8) is 0 Å². The number of nitrogens with two attached hydrogens (primary N) is 2. The number of amides is 1. The highest BCUT2D eigenvalue weighted by atomic mass is 16.7. The lowest BCUT2D eigenvalue weighted by molar-refractivity contribution is -0.139. The molecule has 0 aliphatic rings. The van der Waals surface area contributed by atoms with Crippen LogP contribution in [-0.4, -0.2) is 11.9 Å². The summed E-state index contributed by atoms with van der Waals surface area (Å²) in [6, 6.07) is 0. The van der Waals surface area contributed by atoms with Gasteiger partial charge in [-0.25, -0.2) is 4.79 Å². The Hall–Kier alpha value is -1.62. The first kappa shape index (κ1) is 13.0. The Kier molecular flexibility index (Phi) is 8.11. The minimum atomic E-state index is -0.569. The molecule has 0 saturated carbocycles. The van der Waals surface area contributed by atoms with Crippen LogP contribution in [0.2, 0.25) is 0 Å². The van der Waals surface area contributed by atoms with Crippen LogP contribution in [0.5, 0.6) is 0 Å². The molecule has 1 amide bonds. The van der Waals surface area contributed by atoms with Crippen LogP contribution < -0.4 is 11.6 Å². The van der Waals surface area contributed by atoms with Crippen molar-refractivity contribution in [1.82, 2.24) is 0 Å². The van der Waals surface area contributed by atoms with Crippen molar-refractivity contribution < 1.29 is 14.4 Å². The first-order valence-corrected chi connectivity index (χ1v) is 2.94. The molecule has 0 aliphatic heterocycles. The third kappa shape index (κ3) is 11.2. The Labute approximate surface area is 70.6 Å². The second-order valence-corrected chi connectivity index (χ2v) is 1.79. The van der Waals surface area contributed by atoms with Crippen molar-refractivity contribution in [3.05, 3.63) is 24.8 Å². The number of primary amides is 1. The SMILES string of the molecule is C=C(C)C(=O)ON.C=CC(N)=O. The molecule has 12 heavy (non-hydrogen) atoms. The Morgan fingerprint density at radius 2 is 1.83 bits per heavy atom. The van der Waals surface area contributed by atoms with E-state index in [4.69, 9.17) is 0 Å². The van der Waals surface area contributed by atoms with Gasteiger partial charge in [-0.1, -0.05) is 13.2 Å². The monoisotopic (exact) mass is 172 g/mol. The topological polar surface area (TPSA) is 95.4 Å². The summed E-state index contributed by atoms with van der Waals surface area (Å²) < 4.78 is 0. The van der Waals surface area contributed by atoms with Crippen LogP contribution in [0.25, 0.3) is 0 Å². The summed E-state index contributed by atoms with van der Waals surface area (Å²) in [6.45, 7) is 7.88. The van der Waals surface area contributed by atoms with Gasteiger partial charge in [0.15, 0.2) is 0 Å². The van der Waals surface area contributed by atoms with Crippen LogP contribution in [0.3, 0.4) is 0 Å². The van der Waals surface area contributed by atoms with Gasteiger partial charge in [-0.2, -0.15) is 5.90 Å². The average molecular weight is 172 g/mol. The molecule has 0 spiro atoms. The van der Waals surface area contributed by atoms with E-state index in [-0.39, 0.29) is 0 Å². The lowest BCUT2D eigenvalue weighted by atomic mass is 10.4. The minimum absolute atomic E-state index is 0.308. The van der Waals surface area contributed by atoms with Gasteiger partial charge in [0.05, 0.1) is 0 Å². The third-order valence-electron chi connectivity index (χ3n) is 0.657. The molecular formula is C7H12N2O3. The second kappa shape index (κ2) is 7.49. The lowest BCUT2D eigenvalue weighted by Gasteiger charge is -1.90. The molecule has 0 aromatic rings. The fourth-order valence-corrected chi connectivity index (χ4v) is 0.101. The van der Waals surface area contributed by atoms with Crippen LogP contribution in [0.15, 0.2) is 24.8 Å². The Morgan fingerprint density at radius 1 is 1.50 bits per heavy atom. The van der Waals surface area contributed by atoms with Crippen LogP contribution >= 0.6 is 0 Å². The van der Waals surface area contributed by atoms with Crippen molar-refractivity contribution in [2.24, 2.45) is 11.6 Å². The predicted octanol–water partition coefficient (Wildman–Crippen LogP) is -0.363. The van der Waals surface area contributed by atoms with Gasteiger partial charge in [0.1, 0.15) is 0 Å². The van der Waals surface area contributed by atoms with Gasteiger partial charge >= 0.3 is 5.97 Å². The van der Waals surface area contributed by atoms with E-state index >= 15 is 0 Å². The number of hydrogen-bond donors (Lipinski definition) is 2. The zero-order valence-electron chi connectivity index (χ0n) is 6.87. The van der Waals surface area contributed by atoms with E-state index < -0.39 is 11.9 Å². The molecular weight excluding hydrogens is 160 g/mol. The fraction of sp³-hybridized carbons (Fsp3) is 0.143. The maximum absolute atomic E-state index is 10.1. The van der Waals surface area contributed by atoms with Gasteiger partial charge in [0.2, 0.25) is 5.91 Å². The molecule has 0 bridgehead atoms. The molecule has 0 aromatic heterocycles. The van der Waals surface area contributed by atoms with Crippen molar-refractivity contribution in [2.75, 3.05) is 0 Å². The first-order chi connectivity index (χ1) is 5.45. The highest BCUT2D eigenvalue weighted by molar-refractivity contribution is 5.86.